The van der Waals surface area contributed by atoms with Gasteiger partial charge in [-0.1, -0.05) is 6.92 Å². The van der Waals surface area contributed by atoms with Crippen LogP contribution in [-0.2, 0) is 9.53 Å². The maximum absolute atomic E-state index is 12.3. The molecular formula is C17H21F3N2O4. The van der Waals surface area contributed by atoms with Gasteiger partial charge in [0.1, 0.15) is 0 Å². The summed E-state index contributed by atoms with van der Waals surface area (Å²) in [7, 11) is 0. The van der Waals surface area contributed by atoms with Crippen LogP contribution < -0.4 is 4.74 Å². The maximum atomic E-state index is 12.3. The van der Waals surface area contributed by atoms with Gasteiger partial charge in [-0.05, 0) is 31.7 Å². The summed E-state index contributed by atoms with van der Waals surface area (Å²) in [5, 5.41) is 0. The molecule has 1 unspecified atom stereocenters. The van der Waals surface area contributed by atoms with Crippen LogP contribution in [0.3, 0.4) is 0 Å². The van der Waals surface area contributed by atoms with Gasteiger partial charge in [-0.3, -0.25) is 4.79 Å². The van der Waals surface area contributed by atoms with Crippen LogP contribution in [0.5, 0.6) is 5.88 Å². The first-order valence-corrected chi connectivity index (χ1v) is 8.31. The van der Waals surface area contributed by atoms with Crippen molar-refractivity contribution in [3.8, 4) is 5.88 Å². The number of piperidine rings is 1. The lowest BCUT2D eigenvalue weighted by atomic mass is 9.99. The van der Waals surface area contributed by atoms with E-state index in [9.17, 15) is 22.8 Å². The molecule has 0 bridgehead atoms. The number of carbonyl (C=O) groups is 2. The number of aromatic nitrogens is 1. The Kier molecular flexibility index (Phi) is 6.44. The second-order valence-corrected chi connectivity index (χ2v) is 6.34. The number of nitrogens with zero attached hydrogens (tertiary/aromatic N) is 2. The zero-order valence-electron chi connectivity index (χ0n) is 14.6. The van der Waals surface area contributed by atoms with E-state index in [1.54, 1.807) is 4.90 Å². The quantitative estimate of drug-likeness (QED) is 0.742. The van der Waals surface area contributed by atoms with Crippen LogP contribution in [0.15, 0.2) is 18.3 Å². The average molecular weight is 374 g/mol. The highest BCUT2D eigenvalue weighted by Crippen LogP contribution is 2.19. The molecule has 9 heteroatoms. The molecule has 2 rings (SSSR count). The van der Waals surface area contributed by atoms with Gasteiger partial charge in [-0.15, -0.1) is 0 Å². The summed E-state index contributed by atoms with van der Waals surface area (Å²) in [6.45, 7) is 3.42. The van der Waals surface area contributed by atoms with Gasteiger partial charge >= 0.3 is 12.1 Å². The lowest BCUT2D eigenvalue weighted by Gasteiger charge is -2.31. The molecule has 0 aliphatic carbocycles. The van der Waals surface area contributed by atoms with Crippen LogP contribution in [0.2, 0.25) is 0 Å². The third kappa shape index (κ3) is 5.89. The number of amides is 1. The lowest BCUT2D eigenvalue weighted by Crippen LogP contribution is -2.44. The van der Waals surface area contributed by atoms with Crippen molar-refractivity contribution in [1.29, 1.82) is 0 Å². The fourth-order valence-corrected chi connectivity index (χ4v) is 2.51. The zero-order chi connectivity index (χ0) is 19.3. The van der Waals surface area contributed by atoms with E-state index in [2.05, 4.69) is 16.6 Å². The molecule has 1 aliphatic heterocycles. The Bertz CT molecular complexity index is 626. The molecule has 1 amide bonds. The molecule has 1 fully saturated rings. The van der Waals surface area contributed by atoms with Crippen molar-refractivity contribution in [3.05, 3.63) is 23.9 Å². The number of hydrogen-bond acceptors (Lipinski definition) is 5. The summed E-state index contributed by atoms with van der Waals surface area (Å²) in [5.74, 6) is -0.721. The van der Waals surface area contributed by atoms with Crippen LogP contribution in [0.4, 0.5) is 13.2 Å². The first-order valence-electron chi connectivity index (χ1n) is 8.31. The van der Waals surface area contributed by atoms with Crippen LogP contribution >= 0.6 is 0 Å². The first-order chi connectivity index (χ1) is 12.2. The molecule has 1 aliphatic rings. The third-order valence-electron chi connectivity index (χ3n) is 4.08. The molecule has 26 heavy (non-hydrogen) atoms. The van der Waals surface area contributed by atoms with Crippen LogP contribution in [-0.4, -0.2) is 53.7 Å². The highest BCUT2D eigenvalue weighted by molar-refractivity contribution is 5.92. The number of carbonyl (C=O) groups excluding carboxylic acids is 2. The smallest absolute Gasteiger partial charge is 0.422 e. The molecule has 6 nitrogen and oxygen atoms in total. The standard InChI is InChI=1S/C17H21F3N2O4/c1-11-5-7-22(8-6-11)15(23)12(2)26-16(24)13-3-4-14(21-9-13)25-10-17(18,19)20/h3-4,9,11-12H,5-8,10H2,1-2H3. The monoisotopic (exact) mass is 374 g/mol. The van der Waals surface area contributed by atoms with Crippen LogP contribution in [0.25, 0.3) is 0 Å². The largest absolute Gasteiger partial charge is 0.468 e. The maximum Gasteiger partial charge on any atom is 0.422 e. The summed E-state index contributed by atoms with van der Waals surface area (Å²) in [5.41, 5.74) is 0.0243. The van der Waals surface area contributed by atoms with Crippen molar-refractivity contribution in [2.45, 2.75) is 39.0 Å². The van der Waals surface area contributed by atoms with E-state index >= 15 is 0 Å². The van der Waals surface area contributed by atoms with Gasteiger partial charge in [0, 0.05) is 25.4 Å². The highest BCUT2D eigenvalue weighted by Gasteiger charge is 2.29. The fraction of sp³-hybridized carbons (Fsp3) is 0.588. The SMILES string of the molecule is CC1CCN(C(=O)C(C)OC(=O)c2ccc(OCC(F)(F)F)nc2)CC1. The van der Waals surface area contributed by atoms with Crippen LogP contribution in [0.1, 0.15) is 37.0 Å². The van der Waals surface area contributed by atoms with E-state index in [0.29, 0.717) is 19.0 Å². The summed E-state index contributed by atoms with van der Waals surface area (Å²) in [6.07, 6.45) is -2.54. The number of rotatable bonds is 5. The number of halogens is 3. The number of likely N-dealkylation sites (tertiary alicyclic amines) is 1. The molecule has 0 radical (unpaired) electrons. The van der Waals surface area contributed by atoms with Crippen molar-refractivity contribution >= 4 is 11.9 Å². The second-order valence-electron chi connectivity index (χ2n) is 6.34. The van der Waals surface area contributed by atoms with Gasteiger partial charge < -0.3 is 14.4 Å². The minimum atomic E-state index is -4.47. The molecule has 0 spiro atoms. The predicted molar refractivity (Wildman–Crippen MR) is 85.6 cm³/mol. The number of ether oxygens (including phenoxy) is 2. The number of alkyl halides is 3. The van der Waals surface area contributed by atoms with Crippen molar-refractivity contribution in [1.82, 2.24) is 9.88 Å². The second kappa shape index (κ2) is 8.37. The molecule has 0 saturated carbocycles. The van der Waals surface area contributed by atoms with Gasteiger partial charge in [0.2, 0.25) is 5.88 Å². The van der Waals surface area contributed by atoms with E-state index < -0.39 is 24.9 Å². The molecule has 1 aromatic heterocycles. The Morgan fingerprint density at radius 2 is 1.96 bits per heavy atom. The van der Waals surface area contributed by atoms with E-state index in [0.717, 1.165) is 25.1 Å². The minimum absolute atomic E-state index is 0.0243. The lowest BCUT2D eigenvalue weighted by molar-refractivity contribution is -0.154. The number of pyridine rings is 1. The van der Waals surface area contributed by atoms with Gasteiger partial charge in [0.25, 0.3) is 5.91 Å². The number of hydrogen-bond donors (Lipinski definition) is 0. The Hall–Kier alpha value is -2.32. The van der Waals surface area contributed by atoms with Gasteiger partial charge in [-0.2, -0.15) is 13.2 Å². The molecular weight excluding hydrogens is 353 g/mol. The zero-order valence-corrected chi connectivity index (χ0v) is 14.6. The Labute approximate surface area is 149 Å². The average Bonchev–Trinajstić information content (AvgIpc) is 2.59. The molecule has 144 valence electrons. The van der Waals surface area contributed by atoms with E-state index in [-0.39, 0.29) is 17.4 Å². The van der Waals surface area contributed by atoms with Crippen molar-refractivity contribution in [2.75, 3.05) is 19.7 Å². The Balaban J connectivity index is 1.87. The Morgan fingerprint density at radius 3 is 2.50 bits per heavy atom. The highest BCUT2D eigenvalue weighted by atomic mass is 19.4. The number of esters is 1. The van der Waals surface area contributed by atoms with E-state index in [1.807, 2.05) is 0 Å². The summed E-state index contributed by atoms with van der Waals surface area (Å²) >= 11 is 0. The fourth-order valence-electron chi connectivity index (χ4n) is 2.51. The third-order valence-corrected chi connectivity index (χ3v) is 4.08. The molecule has 0 N–H and O–H groups in total. The van der Waals surface area contributed by atoms with Crippen molar-refractivity contribution < 1.29 is 32.2 Å². The Morgan fingerprint density at radius 1 is 1.31 bits per heavy atom. The predicted octanol–water partition coefficient (Wildman–Crippen LogP) is 2.83. The van der Waals surface area contributed by atoms with Crippen LogP contribution in [0, 0.1) is 5.92 Å². The van der Waals surface area contributed by atoms with Gasteiger partial charge in [-0.25, -0.2) is 9.78 Å². The summed E-state index contributed by atoms with van der Waals surface area (Å²) in [4.78, 5) is 29.7. The van der Waals surface area contributed by atoms with Gasteiger partial charge in [0.05, 0.1) is 5.56 Å². The summed E-state index contributed by atoms with van der Waals surface area (Å²) in [6, 6.07) is 2.38. The van der Waals surface area contributed by atoms with Crippen molar-refractivity contribution in [2.24, 2.45) is 5.92 Å². The molecule has 0 aromatic carbocycles. The van der Waals surface area contributed by atoms with Crippen molar-refractivity contribution in [3.63, 3.8) is 0 Å². The van der Waals surface area contributed by atoms with Gasteiger partial charge in [0.15, 0.2) is 12.7 Å². The normalized spacial score (nSPS) is 16.9. The molecule has 1 atom stereocenters. The minimum Gasteiger partial charge on any atom is -0.468 e. The summed E-state index contributed by atoms with van der Waals surface area (Å²) < 4.78 is 45.8. The van der Waals surface area contributed by atoms with E-state index in [1.165, 1.54) is 13.0 Å². The van der Waals surface area contributed by atoms with E-state index in [4.69, 9.17) is 4.74 Å². The molecule has 1 saturated heterocycles. The molecule has 2 heterocycles. The first kappa shape index (κ1) is 20.0. The molecule has 1 aromatic rings. The topological polar surface area (TPSA) is 68.7 Å².